The molecule has 1 saturated heterocycles. The predicted molar refractivity (Wildman–Crippen MR) is 53.9 cm³/mol. The van der Waals surface area contributed by atoms with Gasteiger partial charge in [-0.1, -0.05) is 0 Å². The zero-order valence-electron chi connectivity index (χ0n) is 7.42. The van der Waals surface area contributed by atoms with Gasteiger partial charge in [-0.15, -0.1) is 11.3 Å². The number of aromatic nitrogens is 1. The van der Waals surface area contributed by atoms with Crippen LogP contribution in [0.1, 0.15) is 22.9 Å². The minimum Gasteiger partial charge on any atom is -0.375 e. The summed E-state index contributed by atoms with van der Waals surface area (Å²) >= 11 is 1.69. The molecule has 1 aromatic rings. The molecular weight excluding hydrogens is 182 g/mol. The largest absolute Gasteiger partial charge is 0.375 e. The number of anilines is 1. The van der Waals surface area contributed by atoms with Crippen molar-refractivity contribution in [2.45, 2.75) is 18.8 Å². The first kappa shape index (κ1) is 7.76. The van der Waals surface area contributed by atoms with Crippen LogP contribution in [0.25, 0.3) is 0 Å². The number of thiazole rings is 1. The summed E-state index contributed by atoms with van der Waals surface area (Å²) in [7, 11) is 0. The first-order valence-corrected chi connectivity index (χ1v) is 5.60. The molecule has 4 heteroatoms. The Morgan fingerprint density at radius 3 is 3.31 bits per heavy atom. The van der Waals surface area contributed by atoms with Crippen LogP contribution in [0.3, 0.4) is 0 Å². The zero-order valence-corrected chi connectivity index (χ0v) is 8.23. The van der Waals surface area contributed by atoms with Crippen LogP contribution in [0.15, 0.2) is 0 Å². The maximum Gasteiger partial charge on any atom is 0.180 e. The van der Waals surface area contributed by atoms with E-state index in [4.69, 9.17) is 5.73 Å². The van der Waals surface area contributed by atoms with Gasteiger partial charge in [0.05, 0.1) is 5.69 Å². The number of nitrogens with two attached hydrogens (primary N) is 1. The van der Waals surface area contributed by atoms with Crippen LogP contribution in [0.5, 0.6) is 0 Å². The van der Waals surface area contributed by atoms with Gasteiger partial charge in [0.2, 0.25) is 0 Å². The van der Waals surface area contributed by atoms with Crippen LogP contribution in [0.4, 0.5) is 5.13 Å². The summed E-state index contributed by atoms with van der Waals surface area (Å²) in [6.45, 7) is 2.28. The maximum atomic E-state index is 5.73. The number of nitrogen functional groups attached to an aromatic ring is 1. The molecule has 1 fully saturated rings. The number of fused-ring (bicyclic) bond motifs is 4. The number of piperidine rings is 1. The third-order valence-electron chi connectivity index (χ3n) is 3.04. The number of hydrogen-bond donors (Lipinski definition) is 2. The van der Waals surface area contributed by atoms with Crippen molar-refractivity contribution in [2.24, 2.45) is 5.92 Å². The van der Waals surface area contributed by atoms with Gasteiger partial charge in [0.1, 0.15) is 0 Å². The fourth-order valence-corrected chi connectivity index (χ4v) is 3.48. The Labute approximate surface area is 81.4 Å². The summed E-state index contributed by atoms with van der Waals surface area (Å²) in [5, 5.41) is 4.22. The third kappa shape index (κ3) is 1.16. The normalized spacial score (nSPS) is 31.4. The van der Waals surface area contributed by atoms with Gasteiger partial charge in [0.15, 0.2) is 5.13 Å². The molecule has 0 amide bonds. The van der Waals surface area contributed by atoms with E-state index < -0.39 is 0 Å². The lowest BCUT2D eigenvalue weighted by Gasteiger charge is -2.33. The van der Waals surface area contributed by atoms with Crippen LogP contribution in [0, 0.1) is 5.92 Å². The molecule has 2 aliphatic rings. The average Bonchev–Trinajstić information content (AvgIpc) is 2.47. The molecule has 3 nitrogen and oxygen atoms in total. The van der Waals surface area contributed by atoms with E-state index in [1.54, 1.807) is 11.3 Å². The monoisotopic (exact) mass is 195 g/mol. The Balaban J connectivity index is 2.05. The second-order valence-electron chi connectivity index (χ2n) is 4.02. The van der Waals surface area contributed by atoms with E-state index in [2.05, 4.69) is 10.3 Å². The summed E-state index contributed by atoms with van der Waals surface area (Å²) in [6, 6.07) is 0. The average molecular weight is 195 g/mol. The Hall–Kier alpha value is -0.610. The highest BCUT2D eigenvalue weighted by molar-refractivity contribution is 7.15. The smallest absolute Gasteiger partial charge is 0.180 e. The van der Waals surface area contributed by atoms with E-state index in [0.717, 1.165) is 30.6 Å². The maximum absolute atomic E-state index is 5.73. The van der Waals surface area contributed by atoms with Gasteiger partial charge in [0.25, 0.3) is 0 Å². The SMILES string of the molecule is Nc1nc2c(s1)C1CNCC(C2)C1. The van der Waals surface area contributed by atoms with Crippen molar-refractivity contribution in [1.29, 1.82) is 0 Å². The first-order chi connectivity index (χ1) is 6.33. The number of nitrogens with zero attached hydrogens (tertiary/aromatic N) is 1. The molecule has 0 spiro atoms. The molecule has 3 N–H and O–H groups in total. The van der Waals surface area contributed by atoms with Crippen molar-refractivity contribution >= 4 is 16.5 Å². The second-order valence-corrected chi connectivity index (χ2v) is 5.09. The number of rotatable bonds is 0. The van der Waals surface area contributed by atoms with Crippen molar-refractivity contribution in [3.8, 4) is 0 Å². The minimum absolute atomic E-state index is 0.692. The molecule has 0 saturated carbocycles. The van der Waals surface area contributed by atoms with E-state index in [1.807, 2.05) is 0 Å². The van der Waals surface area contributed by atoms with Crippen LogP contribution in [-0.2, 0) is 6.42 Å². The van der Waals surface area contributed by atoms with Crippen LogP contribution in [-0.4, -0.2) is 18.1 Å². The zero-order chi connectivity index (χ0) is 8.84. The molecule has 0 aromatic carbocycles. The highest BCUT2D eigenvalue weighted by atomic mass is 32.1. The molecule has 1 aliphatic heterocycles. The van der Waals surface area contributed by atoms with Gasteiger partial charge in [-0.2, -0.15) is 0 Å². The Kier molecular flexibility index (Phi) is 1.60. The summed E-state index contributed by atoms with van der Waals surface area (Å²) < 4.78 is 0. The summed E-state index contributed by atoms with van der Waals surface area (Å²) in [5.41, 5.74) is 7.01. The number of hydrogen-bond acceptors (Lipinski definition) is 4. The van der Waals surface area contributed by atoms with Gasteiger partial charge in [-0.25, -0.2) is 4.98 Å². The molecule has 2 bridgehead atoms. The van der Waals surface area contributed by atoms with Crippen molar-refractivity contribution in [2.75, 3.05) is 18.8 Å². The van der Waals surface area contributed by atoms with E-state index in [-0.39, 0.29) is 0 Å². The van der Waals surface area contributed by atoms with E-state index in [1.165, 1.54) is 17.0 Å². The lowest BCUT2D eigenvalue weighted by atomic mass is 9.80. The highest BCUT2D eigenvalue weighted by Gasteiger charge is 2.32. The number of nitrogens with one attached hydrogen (secondary N) is 1. The summed E-state index contributed by atoms with van der Waals surface area (Å²) in [5.74, 6) is 1.49. The fourth-order valence-electron chi connectivity index (χ4n) is 2.51. The summed E-state index contributed by atoms with van der Waals surface area (Å²) in [4.78, 5) is 5.85. The van der Waals surface area contributed by atoms with E-state index >= 15 is 0 Å². The van der Waals surface area contributed by atoms with Crippen LogP contribution < -0.4 is 11.1 Å². The predicted octanol–water partition coefficient (Wildman–Crippen LogP) is 0.975. The molecule has 1 aromatic heterocycles. The molecule has 1 aliphatic carbocycles. The van der Waals surface area contributed by atoms with Gasteiger partial charge in [0, 0.05) is 17.3 Å². The molecule has 13 heavy (non-hydrogen) atoms. The standard InChI is InChI=1S/C9H13N3S/c10-9-12-7-2-5-1-6(4-11-3-5)8(7)13-9/h5-6,11H,1-4H2,(H2,10,12). The van der Waals surface area contributed by atoms with Gasteiger partial charge in [-0.05, 0) is 25.3 Å². The molecule has 2 unspecified atom stereocenters. The minimum atomic E-state index is 0.692. The van der Waals surface area contributed by atoms with Crippen molar-refractivity contribution in [3.63, 3.8) is 0 Å². The van der Waals surface area contributed by atoms with Gasteiger partial charge < -0.3 is 11.1 Å². The quantitative estimate of drug-likeness (QED) is 0.648. The van der Waals surface area contributed by atoms with Gasteiger partial charge >= 0.3 is 0 Å². The Bertz CT molecular complexity index is 334. The van der Waals surface area contributed by atoms with Crippen molar-refractivity contribution in [3.05, 3.63) is 10.6 Å². The molecular formula is C9H13N3S. The van der Waals surface area contributed by atoms with Crippen molar-refractivity contribution < 1.29 is 0 Å². The molecule has 70 valence electrons. The third-order valence-corrected chi connectivity index (χ3v) is 4.13. The molecule has 0 radical (unpaired) electrons. The Morgan fingerprint density at radius 2 is 2.38 bits per heavy atom. The molecule has 2 heterocycles. The van der Waals surface area contributed by atoms with E-state index in [0.29, 0.717) is 5.92 Å². The van der Waals surface area contributed by atoms with Crippen molar-refractivity contribution in [1.82, 2.24) is 10.3 Å². The van der Waals surface area contributed by atoms with Gasteiger partial charge in [-0.3, -0.25) is 0 Å². The first-order valence-electron chi connectivity index (χ1n) is 4.78. The van der Waals surface area contributed by atoms with Crippen LogP contribution >= 0.6 is 11.3 Å². The molecule has 2 atom stereocenters. The van der Waals surface area contributed by atoms with Crippen LogP contribution in [0.2, 0.25) is 0 Å². The topological polar surface area (TPSA) is 50.9 Å². The lowest BCUT2D eigenvalue weighted by molar-refractivity contribution is 0.319. The highest BCUT2D eigenvalue weighted by Crippen LogP contribution is 2.40. The second kappa shape index (κ2) is 2.69. The molecule has 3 rings (SSSR count). The van der Waals surface area contributed by atoms with E-state index in [9.17, 15) is 0 Å². The fraction of sp³-hybridized carbons (Fsp3) is 0.667. The Morgan fingerprint density at radius 1 is 1.46 bits per heavy atom. The lowest BCUT2D eigenvalue weighted by Crippen LogP contribution is -2.38. The summed E-state index contributed by atoms with van der Waals surface area (Å²) in [6.07, 6.45) is 2.47.